The number of hydrogen-bond acceptors (Lipinski definition) is 5. The summed E-state index contributed by atoms with van der Waals surface area (Å²) in [5.41, 5.74) is 0.778. The lowest BCUT2D eigenvalue weighted by molar-refractivity contribution is -0.121. The first-order valence-corrected chi connectivity index (χ1v) is 10.6. The molecule has 0 aliphatic heterocycles. The third kappa shape index (κ3) is 6.33. The number of nitrogens with zero attached hydrogens (tertiary/aromatic N) is 1. The van der Waals surface area contributed by atoms with Crippen molar-refractivity contribution < 1.29 is 23.1 Å². The van der Waals surface area contributed by atoms with Crippen LogP contribution in [0.4, 0.5) is 0 Å². The number of nitrogens with one attached hydrogen (secondary N) is 1. The number of rotatable bonds is 11. The van der Waals surface area contributed by atoms with Crippen molar-refractivity contribution >= 4 is 15.9 Å². The number of amides is 1. The molecule has 0 saturated heterocycles. The molecule has 0 bridgehead atoms. The Morgan fingerprint density at radius 1 is 1.11 bits per heavy atom. The highest BCUT2D eigenvalue weighted by Gasteiger charge is 2.27. The fourth-order valence-electron chi connectivity index (χ4n) is 2.56. The molecular weight excluding hydrogens is 380 g/mol. The summed E-state index contributed by atoms with van der Waals surface area (Å²) in [5, 5.41) is 11.5. The predicted molar refractivity (Wildman–Crippen MR) is 106 cm³/mol. The molecular formula is C20H26N2O5S. The minimum absolute atomic E-state index is 0.0432. The van der Waals surface area contributed by atoms with Crippen molar-refractivity contribution in [2.45, 2.75) is 24.8 Å². The van der Waals surface area contributed by atoms with Crippen LogP contribution in [-0.4, -0.2) is 50.0 Å². The first-order valence-electron chi connectivity index (χ1n) is 9.12. The van der Waals surface area contributed by atoms with Crippen molar-refractivity contribution in [1.29, 1.82) is 0 Å². The number of ether oxygens (including phenoxy) is 1. The number of aliphatic hydroxyl groups is 1. The molecule has 2 aromatic rings. The molecule has 0 aliphatic carbocycles. The SMILES string of the molecule is CCOc1ccc(S(=O)(=O)N(CC(=O)NCCCO)Cc2ccccc2)cc1. The van der Waals surface area contributed by atoms with Crippen LogP contribution < -0.4 is 10.1 Å². The molecule has 7 nitrogen and oxygen atoms in total. The predicted octanol–water partition coefficient (Wildman–Crippen LogP) is 1.77. The van der Waals surface area contributed by atoms with E-state index in [-0.39, 0.29) is 31.1 Å². The Morgan fingerprint density at radius 3 is 2.39 bits per heavy atom. The van der Waals surface area contributed by atoms with Crippen LogP contribution in [0.5, 0.6) is 5.75 Å². The standard InChI is InChI=1S/C20H26N2O5S/c1-2-27-18-9-11-19(12-10-18)28(25,26)22(15-17-7-4-3-5-8-17)16-20(24)21-13-6-14-23/h3-5,7-12,23H,2,6,13-16H2,1H3,(H,21,24). The van der Waals surface area contributed by atoms with E-state index in [1.54, 1.807) is 12.1 Å². The molecule has 0 aliphatic rings. The van der Waals surface area contributed by atoms with E-state index >= 15 is 0 Å². The molecule has 2 N–H and O–H groups in total. The summed E-state index contributed by atoms with van der Waals surface area (Å²) in [6.45, 7) is 2.34. The summed E-state index contributed by atoms with van der Waals surface area (Å²) in [6.07, 6.45) is 0.413. The van der Waals surface area contributed by atoms with Gasteiger partial charge >= 0.3 is 0 Å². The molecule has 8 heteroatoms. The fraction of sp³-hybridized carbons (Fsp3) is 0.350. The summed E-state index contributed by atoms with van der Waals surface area (Å²) < 4.78 is 32.8. The summed E-state index contributed by atoms with van der Waals surface area (Å²) >= 11 is 0. The smallest absolute Gasteiger partial charge is 0.243 e. The molecule has 0 unspecified atom stereocenters. The van der Waals surface area contributed by atoms with Gasteiger partial charge in [0.25, 0.3) is 0 Å². The molecule has 0 radical (unpaired) electrons. The molecule has 0 atom stereocenters. The van der Waals surface area contributed by atoms with Gasteiger partial charge < -0.3 is 15.2 Å². The maximum absolute atomic E-state index is 13.1. The van der Waals surface area contributed by atoms with E-state index < -0.39 is 15.9 Å². The third-order valence-electron chi connectivity index (χ3n) is 3.95. The number of hydrogen-bond donors (Lipinski definition) is 2. The number of carbonyl (C=O) groups excluding carboxylic acids is 1. The van der Waals surface area contributed by atoms with Gasteiger partial charge in [-0.15, -0.1) is 0 Å². The summed E-state index contributed by atoms with van der Waals surface area (Å²) in [6, 6.07) is 15.2. The minimum atomic E-state index is -3.89. The Labute approximate surface area is 166 Å². The molecule has 0 fully saturated rings. The summed E-state index contributed by atoms with van der Waals surface area (Å²) in [4.78, 5) is 12.3. The van der Waals surface area contributed by atoms with Crippen LogP contribution in [0.15, 0.2) is 59.5 Å². The zero-order chi connectivity index (χ0) is 20.4. The molecule has 0 saturated carbocycles. The van der Waals surface area contributed by atoms with E-state index in [0.717, 1.165) is 9.87 Å². The van der Waals surface area contributed by atoms with E-state index in [0.29, 0.717) is 18.8 Å². The molecule has 0 heterocycles. The van der Waals surface area contributed by atoms with E-state index in [4.69, 9.17) is 9.84 Å². The maximum atomic E-state index is 13.1. The van der Waals surface area contributed by atoms with Gasteiger partial charge in [0.2, 0.25) is 15.9 Å². The quantitative estimate of drug-likeness (QED) is 0.555. The van der Waals surface area contributed by atoms with Crippen LogP contribution in [0.1, 0.15) is 18.9 Å². The van der Waals surface area contributed by atoms with Crippen molar-refractivity contribution in [1.82, 2.24) is 9.62 Å². The van der Waals surface area contributed by atoms with Gasteiger partial charge in [-0.3, -0.25) is 4.79 Å². The second-order valence-electron chi connectivity index (χ2n) is 6.09. The van der Waals surface area contributed by atoms with Crippen molar-refractivity contribution in [3.63, 3.8) is 0 Å². The third-order valence-corrected chi connectivity index (χ3v) is 5.76. The average Bonchev–Trinajstić information content (AvgIpc) is 2.69. The highest BCUT2D eigenvalue weighted by molar-refractivity contribution is 7.89. The van der Waals surface area contributed by atoms with Crippen molar-refractivity contribution in [3.05, 3.63) is 60.2 Å². The highest BCUT2D eigenvalue weighted by atomic mass is 32.2. The van der Waals surface area contributed by atoms with Gasteiger partial charge in [0.15, 0.2) is 0 Å². The van der Waals surface area contributed by atoms with Gasteiger partial charge in [-0.05, 0) is 43.2 Å². The minimum Gasteiger partial charge on any atom is -0.494 e. The van der Waals surface area contributed by atoms with Crippen LogP contribution in [0.25, 0.3) is 0 Å². The maximum Gasteiger partial charge on any atom is 0.243 e. The molecule has 1 amide bonds. The molecule has 28 heavy (non-hydrogen) atoms. The fourth-order valence-corrected chi connectivity index (χ4v) is 3.94. The van der Waals surface area contributed by atoms with Gasteiger partial charge in [-0.2, -0.15) is 4.31 Å². The van der Waals surface area contributed by atoms with Gasteiger partial charge in [-0.25, -0.2) is 8.42 Å². The lowest BCUT2D eigenvalue weighted by atomic mass is 10.2. The first-order chi connectivity index (χ1) is 13.5. The van der Waals surface area contributed by atoms with Crippen molar-refractivity contribution in [2.75, 3.05) is 26.3 Å². The van der Waals surface area contributed by atoms with Gasteiger partial charge in [-0.1, -0.05) is 30.3 Å². The van der Waals surface area contributed by atoms with Gasteiger partial charge in [0, 0.05) is 19.7 Å². The molecule has 2 rings (SSSR count). The Morgan fingerprint density at radius 2 is 1.79 bits per heavy atom. The normalized spacial score (nSPS) is 11.4. The summed E-state index contributed by atoms with van der Waals surface area (Å²) in [5.74, 6) is 0.164. The zero-order valence-corrected chi connectivity index (χ0v) is 16.7. The van der Waals surface area contributed by atoms with E-state index in [1.807, 2.05) is 37.3 Å². The van der Waals surface area contributed by atoms with Crippen LogP contribution in [0.3, 0.4) is 0 Å². The van der Waals surface area contributed by atoms with Gasteiger partial charge in [0.1, 0.15) is 5.75 Å². The van der Waals surface area contributed by atoms with E-state index in [2.05, 4.69) is 5.32 Å². The number of aliphatic hydroxyl groups excluding tert-OH is 1. The Bertz CT molecular complexity index is 839. The van der Waals surface area contributed by atoms with Crippen LogP contribution in [0, 0.1) is 0 Å². The summed E-state index contributed by atoms with van der Waals surface area (Å²) in [7, 11) is -3.89. The largest absolute Gasteiger partial charge is 0.494 e. The Hall–Kier alpha value is -2.42. The van der Waals surface area contributed by atoms with Crippen LogP contribution in [-0.2, 0) is 21.4 Å². The molecule has 2 aromatic carbocycles. The lowest BCUT2D eigenvalue weighted by Gasteiger charge is -2.22. The number of benzene rings is 2. The zero-order valence-electron chi connectivity index (χ0n) is 15.9. The van der Waals surface area contributed by atoms with E-state index in [9.17, 15) is 13.2 Å². The first kappa shape index (κ1) is 21.9. The molecule has 0 spiro atoms. The van der Waals surface area contributed by atoms with Gasteiger partial charge in [0.05, 0.1) is 18.0 Å². The van der Waals surface area contributed by atoms with Crippen LogP contribution >= 0.6 is 0 Å². The van der Waals surface area contributed by atoms with E-state index in [1.165, 1.54) is 12.1 Å². The Kier molecular flexibility index (Phi) is 8.43. The molecule has 152 valence electrons. The highest BCUT2D eigenvalue weighted by Crippen LogP contribution is 2.21. The van der Waals surface area contributed by atoms with Crippen LogP contribution in [0.2, 0.25) is 0 Å². The second kappa shape index (κ2) is 10.8. The topological polar surface area (TPSA) is 95.9 Å². The van der Waals surface area contributed by atoms with Crippen molar-refractivity contribution in [3.8, 4) is 5.75 Å². The average molecular weight is 407 g/mol. The molecule has 0 aromatic heterocycles. The Balaban J connectivity index is 2.23. The number of carbonyl (C=O) groups is 1. The van der Waals surface area contributed by atoms with Crippen molar-refractivity contribution in [2.24, 2.45) is 0 Å². The monoisotopic (exact) mass is 406 g/mol. The lowest BCUT2D eigenvalue weighted by Crippen LogP contribution is -2.40. The second-order valence-corrected chi connectivity index (χ2v) is 8.03. The number of sulfonamides is 1.